The maximum Gasteiger partial charge on any atom is 0.0363 e. The summed E-state index contributed by atoms with van der Waals surface area (Å²) in [4.78, 5) is 0. The van der Waals surface area contributed by atoms with Crippen LogP contribution >= 0.6 is 11.3 Å². The van der Waals surface area contributed by atoms with Crippen molar-refractivity contribution in [3.63, 3.8) is 0 Å². The van der Waals surface area contributed by atoms with E-state index in [-0.39, 0.29) is 0 Å². The first-order valence-corrected chi connectivity index (χ1v) is 9.47. The molecular formula is C19H27NS. The van der Waals surface area contributed by atoms with Gasteiger partial charge in [0.2, 0.25) is 0 Å². The Hall–Kier alpha value is -0.860. The molecule has 1 aromatic carbocycles. The van der Waals surface area contributed by atoms with E-state index in [1.807, 2.05) is 11.3 Å². The van der Waals surface area contributed by atoms with Crippen LogP contribution in [0, 0.1) is 5.92 Å². The Balaban J connectivity index is 1.89. The van der Waals surface area contributed by atoms with Crippen molar-refractivity contribution in [3.8, 4) is 0 Å². The molecule has 0 amide bonds. The molecule has 114 valence electrons. The quantitative estimate of drug-likeness (QED) is 0.740. The molecule has 1 aliphatic carbocycles. The molecule has 1 fully saturated rings. The van der Waals surface area contributed by atoms with Gasteiger partial charge in [-0.15, -0.1) is 11.3 Å². The van der Waals surface area contributed by atoms with E-state index >= 15 is 0 Å². The summed E-state index contributed by atoms with van der Waals surface area (Å²) in [5.41, 5.74) is 1.54. The number of nitrogens with one attached hydrogen (secondary N) is 1. The van der Waals surface area contributed by atoms with Gasteiger partial charge < -0.3 is 5.32 Å². The number of hydrogen-bond donors (Lipinski definition) is 1. The largest absolute Gasteiger partial charge is 0.310 e. The third-order valence-corrected chi connectivity index (χ3v) is 5.87. The van der Waals surface area contributed by atoms with Crippen LogP contribution in [0.4, 0.5) is 0 Å². The van der Waals surface area contributed by atoms with Crippen molar-refractivity contribution in [1.29, 1.82) is 0 Å². The van der Waals surface area contributed by atoms with E-state index in [0.717, 1.165) is 12.5 Å². The molecule has 0 spiro atoms. The number of benzene rings is 1. The first-order valence-electron chi connectivity index (χ1n) is 8.59. The molecule has 0 radical (unpaired) electrons. The highest BCUT2D eigenvalue weighted by Crippen LogP contribution is 2.38. The zero-order chi connectivity index (χ0) is 14.5. The predicted molar refractivity (Wildman–Crippen MR) is 94.1 cm³/mol. The van der Waals surface area contributed by atoms with Crippen molar-refractivity contribution in [1.82, 2.24) is 5.32 Å². The van der Waals surface area contributed by atoms with Crippen LogP contribution in [0.5, 0.6) is 0 Å². The lowest BCUT2D eigenvalue weighted by molar-refractivity contribution is 0.293. The lowest BCUT2D eigenvalue weighted by atomic mass is 9.82. The Morgan fingerprint density at radius 1 is 1.10 bits per heavy atom. The Kier molecular flexibility index (Phi) is 5.32. The lowest BCUT2D eigenvalue weighted by Crippen LogP contribution is -2.28. The number of thiophene rings is 1. The van der Waals surface area contributed by atoms with Crippen molar-refractivity contribution >= 4 is 21.4 Å². The SMILES string of the molecule is CCNC(c1csc2ccccc12)C1CCCCCCC1. The molecule has 0 aliphatic heterocycles. The molecule has 1 aromatic heterocycles. The monoisotopic (exact) mass is 301 g/mol. The summed E-state index contributed by atoms with van der Waals surface area (Å²) in [7, 11) is 0. The maximum absolute atomic E-state index is 3.80. The fraction of sp³-hybridized carbons (Fsp3) is 0.579. The summed E-state index contributed by atoms with van der Waals surface area (Å²) in [6.07, 6.45) is 9.91. The molecule has 1 atom stereocenters. The van der Waals surface area contributed by atoms with Gasteiger partial charge in [0.1, 0.15) is 0 Å². The van der Waals surface area contributed by atoms with Crippen LogP contribution in [0.1, 0.15) is 63.5 Å². The van der Waals surface area contributed by atoms with E-state index in [2.05, 4.69) is 41.9 Å². The van der Waals surface area contributed by atoms with Crippen LogP contribution < -0.4 is 5.32 Å². The highest BCUT2D eigenvalue weighted by molar-refractivity contribution is 7.17. The second-order valence-corrected chi connectivity index (χ2v) is 7.24. The Labute approximate surface area is 132 Å². The van der Waals surface area contributed by atoms with E-state index < -0.39 is 0 Å². The molecule has 2 aromatic rings. The summed E-state index contributed by atoms with van der Waals surface area (Å²) in [5.74, 6) is 0.809. The smallest absolute Gasteiger partial charge is 0.0363 e. The zero-order valence-electron chi connectivity index (χ0n) is 13.1. The third-order valence-electron chi connectivity index (χ3n) is 4.89. The molecule has 0 saturated heterocycles. The van der Waals surface area contributed by atoms with Crippen LogP contribution in [0.3, 0.4) is 0 Å². The fourth-order valence-electron chi connectivity index (χ4n) is 3.81. The second-order valence-electron chi connectivity index (χ2n) is 6.33. The van der Waals surface area contributed by atoms with E-state index in [1.54, 1.807) is 5.56 Å². The number of rotatable bonds is 4. The second kappa shape index (κ2) is 7.42. The van der Waals surface area contributed by atoms with Crippen molar-refractivity contribution < 1.29 is 0 Å². The van der Waals surface area contributed by atoms with Crippen molar-refractivity contribution in [3.05, 3.63) is 35.2 Å². The van der Waals surface area contributed by atoms with Gasteiger partial charge in [0.25, 0.3) is 0 Å². The van der Waals surface area contributed by atoms with E-state index in [1.165, 1.54) is 55.0 Å². The van der Waals surface area contributed by atoms with Crippen molar-refractivity contribution in [2.45, 2.75) is 57.9 Å². The first-order chi connectivity index (χ1) is 10.4. The average Bonchev–Trinajstić information content (AvgIpc) is 2.89. The van der Waals surface area contributed by atoms with Crippen molar-refractivity contribution in [2.75, 3.05) is 6.54 Å². The predicted octanol–water partition coefficient (Wildman–Crippen LogP) is 5.91. The molecule has 0 bridgehead atoms. The lowest BCUT2D eigenvalue weighted by Gasteiger charge is -2.29. The molecule has 1 heterocycles. The van der Waals surface area contributed by atoms with Gasteiger partial charge in [-0.25, -0.2) is 0 Å². The van der Waals surface area contributed by atoms with Gasteiger partial charge >= 0.3 is 0 Å². The summed E-state index contributed by atoms with van der Waals surface area (Å²) in [6, 6.07) is 9.43. The molecule has 1 saturated carbocycles. The van der Waals surface area contributed by atoms with Crippen LogP contribution in [-0.2, 0) is 0 Å². The van der Waals surface area contributed by atoms with Gasteiger partial charge in [0.05, 0.1) is 0 Å². The molecule has 21 heavy (non-hydrogen) atoms. The standard InChI is InChI=1S/C19H27NS/c1-2-20-19(15-10-6-4-3-5-7-11-15)17-14-21-18-13-9-8-12-16(17)18/h8-9,12-15,19-20H,2-7,10-11H2,1H3. The van der Waals surface area contributed by atoms with Gasteiger partial charge in [-0.3, -0.25) is 0 Å². The van der Waals surface area contributed by atoms with Crippen LogP contribution in [-0.4, -0.2) is 6.54 Å². The van der Waals surface area contributed by atoms with Crippen LogP contribution in [0.2, 0.25) is 0 Å². The number of hydrogen-bond acceptors (Lipinski definition) is 2. The molecule has 1 N–H and O–H groups in total. The number of fused-ring (bicyclic) bond motifs is 1. The van der Waals surface area contributed by atoms with Gasteiger partial charge in [0.15, 0.2) is 0 Å². The van der Waals surface area contributed by atoms with E-state index in [0.29, 0.717) is 6.04 Å². The highest BCUT2D eigenvalue weighted by atomic mass is 32.1. The van der Waals surface area contributed by atoms with E-state index in [4.69, 9.17) is 0 Å². The minimum atomic E-state index is 0.546. The van der Waals surface area contributed by atoms with Crippen LogP contribution in [0.25, 0.3) is 10.1 Å². The third kappa shape index (κ3) is 3.49. The molecule has 1 unspecified atom stereocenters. The minimum absolute atomic E-state index is 0.546. The van der Waals surface area contributed by atoms with Crippen molar-refractivity contribution in [2.24, 2.45) is 5.92 Å². The normalized spacial score (nSPS) is 19.3. The van der Waals surface area contributed by atoms with Gasteiger partial charge in [0, 0.05) is 10.7 Å². The molecule has 1 nitrogen and oxygen atoms in total. The summed E-state index contributed by atoms with van der Waals surface area (Å²) >= 11 is 1.90. The molecule has 2 heteroatoms. The molecule has 3 rings (SSSR count). The highest BCUT2D eigenvalue weighted by Gasteiger charge is 2.25. The zero-order valence-corrected chi connectivity index (χ0v) is 13.9. The Morgan fingerprint density at radius 2 is 1.81 bits per heavy atom. The van der Waals surface area contributed by atoms with Gasteiger partial charge in [-0.05, 0) is 47.7 Å². The van der Waals surface area contributed by atoms with Gasteiger partial charge in [-0.2, -0.15) is 0 Å². The summed E-state index contributed by atoms with van der Waals surface area (Å²) in [5, 5.41) is 7.67. The molecular weight excluding hydrogens is 274 g/mol. The fourth-order valence-corrected chi connectivity index (χ4v) is 4.81. The first kappa shape index (κ1) is 15.1. The van der Waals surface area contributed by atoms with Crippen LogP contribution in [0.15, 0.2) is 29.6 Å². The Morgan fingerprint density at radius 3 is 2.57 bits per heavy atom. The van der Waals surface area contributed by atoms with E-state index in [9.17, 15) is 0 Å². The van der Waals surface area contributed by atoms with Gasteiger partial charge in [-0.1, -0.05) is 57.2 Å². The summed E-state index contributed by atoms with van der Waals surface area (Å²) < 4.78 is 1.43. The average molecular weight is 301 g/mol. The maximum atomic E-state index is 3.80. The minimum Gasteiger partial charge on any atom is -0.310 e. The topological polar surface area (TPSA) is 12.0 Å². The Bertz CT molecular complexity index is 551. The molecule has 1 aliphatic rings. The summed E-state index contributed by atoms with van der Waals surface area (Å²) in [6.45, 7) is 3.30.